The Morgan fingerprint density at radius 2 is 1.53 bits per heavy atom. The van der Waals surface area contributed by atoms with Crippen molar-refractivity contribution < 1.29 is 19.5 Å². The van der Waals surface area contributed by atoms with Crippen LogP contribution in [0, 0.1) is 23.7 Å². The lowest BCUT2D eigenvalue weighted by Crippen LogP contribution is -2.53. The smallest absolute Gasteiger partial charge is 0.326 e. The van der Waals surface area contributed by atoms with E-state index >= 15 is 0 Å². The molecule has 3 N–H and O–H groups in total. The van der Waals surface area contributed by atoms with Crippen LogP contribution in [0.2, 0.25) is 0 Å². The standard InChI is InChI=1S/C41H57N5O4S/c1-7-8-27-9-13-29(14-10-27)30-19-21-46(22-20-30)32-24-42-37(43-25-32)31-15-11-28(12-16-31)23-33(38(47)45-36(26(2)3)40(49)50)44-39(48)34-17-18-35(51-34)41(4,5)6/h11-12,15-18,24-27,29-30,33,36H,7-10,13-14,19-23H2,1-6H3,(H,44,48)(H,45,47)(H,49,50)/t27-,29-,33-,36+/m0/s1. The molecule has 2 aromatic heterocycles. The number of aliphatic carboxylic acids is 1. The number of anilines is 1. The summed E-state index contributed by atoms with van der Waals surface area (Å²) in [4.78, 5) is 52.1. The van der Waals surface area contributed by atoms with Gasteiger partial charge in [0.25, 0.3) is 5.91 Å². The molecule has 5 rings (SSSR count). The number of nitrogens with zero attached hydrogens (tertiary/aromatic N) is 3. The highest BCUT2D eigenvalue weighted by Crippen LogP contribution is 2.39. The van der Waals surface area contributed by atoms with Crippen LogP contribution in [0.1, 0.15) is 113 Å². The minimum absolute atomic E-state index is 0.110. The maximum Gasteiger partial charge on any atom is 0.326 e. The fraction of sp³-hybridized carbons (Fsp3) is 0.585. The fourth-order valence-corrected chi connectivity index (χ4v) is 8.68. The Hall–Kier alpha value is -3.79. The summed E-state index contributed by atoms with van der Waals surface area (Å²) in [5.41, 5.74) is 2.62. The number of hydrogen-bond donors (Lipinski definition) is 3. The van der Waals surface area contributed by atoms with Gasteiger partial charge in [0, 0.05) is 30.0 Å². The molecule has 276 valence electrons. The zero-order valence-electron chi connectivity index (χ0n) is 31.3. The molecule has 1 aliphatic carbocycles. The Kier molecular flexibility index (Phi) is 12.9. The van der Waals surface area contributed by atoms with E-state index in [0.717, 1.165) is 52.5 Å². The Morgan fingerprint density at radius 1 is 0.902 bits per heavy atom. The van der Waals surface area contributed by atoms with E-state index in [1.807, 2.05) is 42.7 Å². The largest absolute Gasteiger partial charge is 0.480 e. The second-order valence-electron chi connectivity index (χ2n) is 16.1. The predicted molar refractivity (Wildman–Crippen MR) is 205 cm³/mol. The molecule has 2 fully saturated rings. The lowest BCUT2D eigenvalue weighted by atomic mass is 9.72. The summed E-state index contributed by atoms with van der Waals surface area (Å²) in [5, 5.41) is 15.2. The second-order valence-corrected chi connectivity index (χ2v) is 17.2. The van der Waals surface area contributed by atoms with E-state index < -0.39 is 24.0 Å². The van der Waals surface area contributed by atoms with Crippen LogP contribution in [-0.2, 0) is 21.4 Å². The third-order valence-electron chi connectivity index (χ3n) is 10.9. The first-order valence-electron chi connectivity index (χ1n) is 18.9. The van der Waals surface area contributed by atoms with Crippen LogP contribution in [0.25, 0.3) is 11.4 Å². The number of nitrogens with one attached hydrogen (secondary N) is 2. The Morgan fingerprint density at radius 3 is 2.08 bits per heavy atom. The van der Waals surface area contributed by atoms with E-state index in [4.69, 9.17) is 9.97 Å². The average molecular weight is 716 g/mol. The Labute approximate surface area is 308 Å². The SMILES string of the molecule is CCC[C@H]1CC[C@H](C2CCN(c3cnc(-c4ccc(C[C@H](NC(=O)c5ccc(C(C)(C)C)s5)C(=O)N[C@@H](C(=O)O)C(C)C)cc4)nc3)CC2)CC1. The van der Waals surface area contributed by atoms with Crippen molar-refractivity contribution in [3.05, 3.63) is 64.1 Å². The number of hydrogen-bond acceptors (Lipinski definition) is 7. The quantitative estimate of drug-likeness (QED) is 0.164. The van der Waals surface area contributed by atoms with Gasteiger partial charge in [-0.15, -0.1) is 11.3 Å². The Bertz CT molecular complexity index is 1600. The van der Waals surface area contributed by atoms with E-state index in [-0.39, 0.29) is 23.7 Å². The number of piperidine rings is 1. The first-order valence-corrected chi connectivity index (χ1v) is 19.7. The average Bonchev–Trinajstić information content (AvgIpc) is 3.63. The fourth-order valence-electron chi connectivity index (χ4n) is 7.71. The van der Waals surface area contributed by atoms with Gasteiger partial charge in [-0.25, -0.2) is 14.8 Å². The van der Waals surface area contributed by atoms with E-state index in [1.165, 1.54) is 62.7 Å². The molecule has 0 unspecified atom stereocenters. The molecule has 1 aromatic carbocycles. The number of rotatable bonds is 13. The molecule has 0 radical (unpaired) electrons. The topological polar surface area (TPSA) is 125 Å². The summed E-state index contributed by atoms with van der Waals surface area (Å²) >= 11 is 1.39. The van der Waals surface area contributed by atoms with E-state index in [2.05, 4.69) is 43.2 Å². The first-order chi connectivity index (χ1) is 24.3. The molecule has 1 saturated heterocycles. The summed E-state index contributed by atoms with van der Waals surface area (Å²) in [6, 6.07) is 9.30. The normalized spacial score (nSPS) is 19.8. The third kappa shape index (κ3) is 10.2. The molecule has 1 saturated carbocycles. The summed E-state index contributed by atoms with van der Waals surface area (Å²) in [6.45, 7) is 14.1. The maximum absolute atomic E-state index is 13.5. The van der Waals surface area contributed by atoms with Crippen LogP contribution in [0.3, 0.4) is 0 Å². The van der Waals surface area contributed by atoms with Gasteiger partial charge in [0.1, 0.15) is 12.1 Å². The minimum atomic E-state index is -1.11. The van der Waals surface area contributed by atoms with Crippen molar-refractivity contribution in [1.82, 2.24) is 20.6 Å². The molecule has 9 nitrogen and oxygen atoms in total. The lowest BCUT2D eigenvalue weighted by molar-refractivity contribution is -0.143. The monoisotopic (exact) mass is 715 g/mol. The summed E-state index contributed by atoms with van der Waals surface area (Å²) in [7, 11) is 0. The number of carbonyl (C=O) groups is 3. The lowest BCUT2D eigenvalue weighted by Gasteiger charge is -2.39. The molecular formula is C41H57N5O4S. The highest BCUT2D eigenvalue weighted by molar-refractivity contribution is 7.14. The molecule has 1 aliphatic heterocycles. The van der Waals surface area contributed by atoms with Gasteiger partial charge >= 0.3 is 5.97 Å². The van der Waals surface area contributed by atoms with Gasteiger partial charge < -0.3 is 20.6 Å². The molecule has 10 heteroatoms. The number of thiophene rings is 1. The Balaban J connectivity index is 1.21. The molecule has 51 heavy (non-hydrogen) atoms. The van der Waals surface area contributed by atoms with Gasteiger partial charge in [-0.3, -0.25) is 9.59 Å². The first kappa shape index (κ1) is 38.4. The van der Waals surface area contributed by atoms with E-state index in [9.17, 15) is 19.5 Å². The maximum atomic E-state index is 13.5. The van der Waals surface area contributed by atoms with Crippen LogP contribution in [0.15, 0.2) is 48.8 Å². The molecule has 2 atom stereocenters. The number of benzene rings is 1. The van der Waals surface area contributed by atoms with Crippen molar-refractivity contribution in [2.24, 2.45) is 23.7 Å². The molecule has 0 bridgehead atoms. The number of amides is 2. The van der Waals surface area contributed by atoms with Crippen LogP contribution < -0.4 is 15.5 Å². The molecular weight excluding hydrogens is 659 g/mol. The number of carboxylic acid groups (broad SMARTS) is 1. The van der Waals surface area contributed by atoms with Crippen LogP contribution in [-0.4, -0.2) is 58.0 Å². The van der Waals surface area contributed by atoms with Gasteiger partial charge in [-0.2, -0.15) is 0 Å². The van der Waals surface area contributed by atoms with Crippen molar-refractivity contribution in [3.8, 4) is 11.4 Å². The summed E-state index contributed by atoms with van der Waals surface area (Å²) < 4.78 is 0. The van der Waals surface area contributed by atoms with Crippen molar-refractivity contribution in [2.75, 3.05) is 18.0 Å². The highest BCUT2D eigenvalue weighted by atomic mass is 32.1. The minimum Gasteiger partial charge on any atom is -0.480 e. The van der Waals surface area contributed by atoms with Crippen LogP contribution >= 0.6 is 11.3 Å². The summed E-state index contributed by atoms with van der Waals surface area (Å²) in [6.07, 6.45) is 14.9. The van der Waals surface area contributed by atoms with Crippen molar-refractivity contribution in [2.45, 2.75) is 117 Å². The van der Waals surface area contributed by atoms with Crippen molar-refractivity contribution in [1.29, 1.82) is 0 Å². The van der Waals surface area contributed by atoms with Crippen LogP contribution in [0.4, 0.5) is 5.69 Å². The molecule has 2 amide bonds. The summed E-state index contributed by atoms with van der Waals surface area (Å²) in [5.74, 6) is 0.971. The predicted octanol–water partition coefficient (Wildman–Crippen LogP) is 7.89. The van der Waals surface area contributed by atoms with Gasteiger partial charge in [-0.05, 0) is 72.5 Å². The molecule has 3 aromatic rings. The highest BCUT2D eigenvalue weighted by Gasteiger charge is 2.31. The van der Waals surface area contributed by atoms with Crippen molar-refractivity contribution in [3.63, 3.8) is 0 Å². The van der Waals surface area contributed by atoms with Gasteiger partial charge in [-0.1, -0.05) is 91.5 Å². The second kappa shape index (κ2) is 17.2. The molecule has 2 aliphatic rings. The van der Waals surface area contributed by atoms with Gasteiger partial charge in [0.15, 0.2) is 5.82 Å². The number of carboxylic acids is 1. The van der Waals surface area contributed by atoms with Crippen LogP contribution in [0.5, 0.6) is 0 Å². The van der Waals surface area contributed by atoms with E-state index in [1.54, 1.807) is 19.9 Å². The van der Waals surface area contributed by atoms with Gasteiger partial charge in [0.05, 0.1) is 23.0 Å². The number of carbonyl (C=O) groups excluding carboxylic acids is 2. The van der Waals surface area contributed by atoms with Gasteiger partial charge in [0.2, 0.25) is 5.91 Å². The van der Waals surface area contributed by atoms with E-state index in [0.29, 0.717) is 10.7 Å². The zero-order valence-corrected chi connectivity index (χ0v) is 32.1. The van der Waals surface area contributed by atoms with Crippen molar-refractivity contribution >= 4 is 34.8 Å². The molecule has 0 spiro atoms. The zero-order chi connectivity index (χ0) is 36.7. The third-order valence-corrected chi connectivity index (χ3v) is 12.4. The number of aromatic nitrogens is 2. The molecule has 3 heterocycles.